The maximum absolute atomic E-state index is 13.3. The Hall–Kier alpha value is -3.09. The fourth-order valence-electron chi connectivity index (χ4n) is 1.72. The molecule has 2 aromatic rings. The number of nitrogens with one attached hydrogen (secondary N) is 3. The lowest BCUT2D eigenvalue weighted by atomic mass is 10.1. The van der Waals surface area contributed by atoms with Crippen LogP contribution in [-0.4, -0.2) is 16.7 Å². The van der Waals surface area contributed by atoms with Gasteiger partial charge in [0.05, 0.1) is 6.42 Å². The lowest BCUT2D eigenvalue weighted by Crippen LogP contribution is -2.29. The molecule has 0 spiro atoms. The van der Waals surface area contributed by atoms with E-state index in [0.29, 0.717) is 5.56 Å². The highest BCUT2D eigenvalue weighted by Crippen LogP contribution is 2.07. The van der Waals surface area contributed by atoms with Gasteiger partial charge >= 0.3 is 0 Å². The second kappa shape index (κ2) is 7.79. The zero-order valence-corrected chi connectivity index (χ0v) is 12.0. The van der Waals surface area contributed by atoms with Gasteiger partial charge in [-0.05, 0) is 35.9 Å². The number of benzene rings is 1. The molecule has 0 fully saturated rings. The number of pyridine rings is 1. The predicted molar refractivity (Wildman–Crippen MR) is 82.9 cm³/mol. The van der Waals surface area contributed by atoms with Gasteiger partial charge in [-0.25, -0.2) is 13.8 Å². The van der Waals surface area contributed by atoms with Crippen LogP contribution < -0.4 is 10.6 Å². The van der Waals surface area contributed by atoms with Gasteiger partial charge in [0.2, 0.25) is 5.91 Å². The van der Waals surface area contributed by atoms with Crippen LogP contribution in [-0.2, 0) is 11.2 Å². The van der Waals surface area contributed by atoms with Gasteiger partial charge in [0, 0.05) is 12.4 Å². The quantitative estimate of drug-likeness (QED) is 0.586. The molecule has 2 rings (SSSR count). The van der Waals surface area contributed by atoms with Gasteiger partial charge in [-0.3, -0.25) is 10.2 Å². The Balaban J connectivity index is 1.82. The molecule has 0 aliphatic carbocycles. The van der Waals surface area contributed by atoms with E-state index in [0.717, 1.165) is 0 Å². The fourth-order valence-corrected chi connectivity index (χ4v) is 1.72. The number of aromatic nitrogens is 1. The van der Waals surface area contributed by atoms with Crippen LogP contribution in [0.15, 0.2) is 54.9 Å². The van der Waals surface area contributed by atoms with E-state index in [-0.39, 0.29) is 23.9 Å². The molecule has 118 valence electrons. The fraction of sp³-hybridized carbons (Fsp3) is 0.0625. The molecule has 1 amide bonds. The molecule has 1 heterocycles. The predicted octanol–water partition coefficient (Wildman–Crippen LogP) is 2.62. The molecule has 0 radical (unpaired) electrons. The number of halogens is 2. The largest absolute Gasteiger partial charge is 0.344 e. The summed E-state index contributed by atoms with van der Waals surface area (Å²) in [6, 6.07) is 8.23. The number of anilines is 1. The lowest BCUT2D eigenvalue weighted by Gasteiger charge is -2.04. The Morgan fingerprint density at radius 3 is 2.65 bits per heavy atom. The van der Waals surface area contributed by atoms with E-state index < -0.39 is 11.7 Å². The number of carbonyl (C=O) groups is 1. The van der Waals surface area contributed by atoms with Crippen molar-refractivity contribution in [3.63, 3.8) is 0 Å². The van der Waals surface area contributed by atoms with Crippen molar-refractivity contribution in [3.05, 3.63) is 72.1 Å². The SMILES string of the molecule is N=C(/C=C\Nc1ncccc1F)NC(=O)Cc1ccc(F)cc1. The first-order chi connectivity index (χ1) is 11.0. The second-order valence-corrected chi connectivity index (χ2v) is 4.58. The van der Waals surface area contributed by atoms with E-state index in [2.05, 4.69) is 15.6 Å². The first-order valence-corrected chi connectivity index (χ1v) is 6.71. The number of hydrogen-bond acceptors (Lipinski definition) is 4. The normalized spacial score (nSPS) is 10.5. The average molecular weight is 316 g/mol. The minimum absolute atomic E-state index is 0.0224. The van der Waals surface area contributed by atoms with Crippen molar-refractivity contribution < 1.29 is 13.6 Å². The third-order valence-electron chi connectivity index (χ3n) is 2.78. The van der Waals surface area contributed by atoms with Gasteiger partial charge in [-0.1, -0.05) is 12.1 Å². The van der Waals surface area contributed by atoms with Crippen molar-refractivity contribution in [1.82, 2.24) is 10.3 Å². The minimum Gasteiger partial charge on any atom is -0.344 e. The van der Waals surface area contributed by atoms with Crippen molar-refractivity contribution in [3.8, 4) is 0 Å². The van der Waals surface area contributed by atoms with Gasteiger partial charge in [0.25, 0.3) is 0 Å². The standard InChI is InChI=1S/C16H14F2N4O/c17-12-5-3-11(4-6-12)10-15(23)22-14(19)7-9-21-16-13(18)2-1-8-20-16/h1-9H,10H2,(H,20,21)(H2,19,22,23)/b9-7-. The summed E-state index contributed by atoms with van der Waals surface area (Å²) in [4.78, 5) is 15.5. The monoisotopic (exact) mass is 316 g/mol. The molecular formula is C16H14F2N4O. The topological polar surface area (TPSA) is 77.9 Å². The first-order valence-electron chi connectivity index (χ1n) is 6.71. The number of carbonyl (C=O) groups excluding carboxylic acids is 1. The highest BCUT2D eigenvalue weighted by atomic mass is 19.1. The Bertz CT molecular complexity index is 729. The molecule has 0 atom stereocenters. The average Bonchev–Trinajstić information content (AvgIpc) is 2.51. The summed E-state index contributed by atoms with van der Waals surface area (Å²) in [5.41, 5.74) is 0.634. The summed E-state index contributed by atoms with van der Waals surface area (Å²) in [6.07, 6.45) is 4.01. The smallest absolute Gasteiger partial charge is 0.229 e. The summed E-state index contributed by atoms with van der Waals surface area (Å²) in [6.45, 7) is 0. The summed E-state index contributed by atoms with van der Waals surface area (Å²) in [5.74, 6) is -1.45. The molecule has 0 bridgehead atoms. The van der Waals surface area contributed by atoms with Crippen LogP contribution in [0, 0.1) is 17.0 Å². The van der Waals surface area contributed by atoms with Crippen LogP contribution >= 0.6 is 0 Å². The molecule has 23 heavy (non-hydrogen) atoms. The number of amidine groups is 1. The number of nitrogens with zero attached hydrogens (tertiary/aromatic N) is 1. The zero-order chi connectivity index (χ0) is 16.7. The summed E-state index contributed by atoms with van der Waals surface area (Å²) in [7, 11) is 0. The lowest BCUT2D eigenvalue weighted by molar-refractivity contribution is -0.119. The van der Waals surface area contributed by atoms with Gasteiger partial charge in [-0.2, -0.15) is 0 Å². The number of hydrogen-bond donors (Lipinski definition) is 3. The van der Waals surface area contributed by atoms with Crippen LogP contribution in [0.4, 0.5) is 14.6 Å². The van der Waals surface area contributed by atoms with E-state index in [9.17, 15) is 13.6 Å². The van der Waals surface area contributed by atoms with Gasteiger partial charge in [0.1, 0.15) is 11.7 Å². The number of amides is 1. The van der Waals surface area contributed by atoms with Crippen LogP contribution in [0.25, 0.3) is 0 Å². The van der Waals surface area contributed by atoms with Gasteiger partial charge in [0.15, 0.2) is 11.6 Å². The Morgan fingerprint density at radius 2 is 1.96 bits per heavy atom. The molecular weight excluding hydrogens is 302 g/mol. The van der Waals surface area contributed by atoms with Crippen molar-refractivity contribution in [2.75, 3.05) is 5.32 Å². The summed E-state index contributed by atoms with van der Waals surface area (Å²) in [5, 5.41) is 12.5. The Kier molecular flexibility index (Phi) is 5.51. The summed E-state index contributed by atoms with van der Waals surface area (Å²) >= 11 is 0. The maximum Gasteiger partial charge on any atom is 0.229 e. The van der Waals surface area contributed by atoms with E-state index in [1.54, 1.807) is 0 Å². The van der Waals surface area contributed by atoms with Crippen molar-refractivity contribution in [2.24, 2.45) is 0 Å². The van der Waals surface area contributed by atoms with Crippen LogP contribution in [0.2, 0.25) is 0 Å². The second-order valence-electron chi connectivity index (χ2n) is 4.58. The highest BCUT2D eigenvalue weighted by molar-refractivity contribution is 6.03. The molecule has 7 heteroatoms. The molecule has 5 nitrogen and oxygen atoms in total. The van der Waals surface area contributed by atoms with Crippen LogP contribution in [0.3, 0.4) is 0 Å². The van der Waals surface area contributed by atoms with Gasteiger partial charge < -0.3 is 10.6 Å². The van der Waals surface area contributed by atoms with Crippen LogP contribution in [0.1, 0.15) is 5.56 Å². The van der Waals surface area contributed by atoms with Gasteiger partial charge in [-0.15, -0.1) is 0 Å². The highest BCUT2D eigenvalue weighted by Gasteiger charge is 2.05. The van der Waals surface area contributed by atoms with Crippen molar-refractivity contribution in [2.45, 2.75) is 6.42 Å². The third kappa shape index (κ3) is 5.31. The molecule has 0 saturated carbocycles. The molecule has 0 unspecified atom stereocenters. The zero-order valence-electron chi connectivity index (χ0n) is 12.0. The molecule has 3 N–H and O–H groups in total. The van der Waals surface area contributed by atoms with E-state index >= 15 is 0 Å². The van der Waals surface area contributed by atoms with Crippen LogP contribution in [0.5, 0.6) is 0 Å². The van der Waals surface area contributed by atoms with Crippen molar-refractivity contribution >= 4 is 17.6 Å². The third-order valence-corrected chi connectivity index (χ3v) is 2.78. The Morgan fingerprint density at radius 1 is 1.22 bits per heavy atom. The van der Waals surface area contributed by atoms with Crippen molar-refractivity contribution in [1.29, 1.82) is 5.41 Å². The molecule has 1 aromatic heterocycles. The Labute approximate surface area is 131 Å². The minimum atomic E-state index is -0.524. The molecule has 0 aliphatic heterocycles. The van der Waals surface area contributed by atoms with E-state index in [1.807, 2.05) is 0 Å². The maximum atomic E-state index is 13.3. The van der Waals surface area contributed by atoms with E-state index in [1.165, 1.54) is 54.9 Å². The molecule has 0 saturated heterocycles. The first kappa shape index (κ1) is 16.3. The molecule has 1 aromatic carbocycles. The number of rotatable bonds is 5. The van der Waals surface area contributed by atoms with E-state index in [4.69, 9.17) is 5.41 Å². The molecule has 0 aliphatic rings. The summed E-state index contributed by atoms with van der Waals surface area (Å²) < 4.78 is 26.0.